The van der Waals surface area contributed by atoms with Crippen LogP contribution < -0.4 is 4.90 Å². The summed E-state index contributed by atoms with van der Waals surface area (Å²) in [4.78, 5) is 25.9. The second kappa shape index (κ2) is 7.50. The Morgan fingerprint density at radius 2 is 1.96 bits per heavy atom. The number of thioether (sulfide) groups is 1. The number of aryl methyl sites for hydroxylation is 1. The van der Waals surface area contributed by atoms with Gasteiger partial charge in [-0.3, -0.25) is 4.79 Å². The molecule has 2 aromatic rings. The second-order valence-corrected chi connectivity index (χ2v) is 9.03. The summed E-state index contributed by atoms with van der Waals surface area (Å²) in [6.45, 7) is 5.93. The highest BCUT2D eigenvalue weighted by Crippen LogP contribution is 2.33. The summed E-state index contributed by atoms with van der Waals surface area (Å²) in [5.74, 6) is 4.13. The van der Waals surface area contributed by atoms with E-state index in [0.29, 0.717) is 11.8 Å². The van der Waals surface area contributed by atoms with E-state index in [0.717, 1.165) is 68.3 Å². The monoisotopic (exact) mass is 376 g/mol. The molecule has 4 heterocycles. The highest BCUT2D eigenvalue weighted by atomic mass is 32.2. The maximum absolute atomic E-state index is 12.5. The van der Waals surface area contributed by atoms with E-state index in [9.17, 15) is 4.79 Å². The Bertz CT molecular complexity index is 749. The van der Waals surface area contributed by atoms with Crippen molar-refractivity contribution in [2.24, 2.45) is 5.92 Å². The Morgan fingerprint density at radius 1 is 1.20 bits per heavy atom. The lowest BCUT2D eigenvalue weighted by molar-refractivity contribution is -0.132. The van der Waals surface area contributed by atoms with Gasteiger partial charge < -0.3 is 9.80 Å². The Morgan fingerprint density at radius 3 is 2.72 bits per heavy atom. The van der Waals surface area contributed by atoms with Crippen molar-refractivity contribution in [1.82, 2.24) is 14.9 Å². The van der Waals surface area contributed by atoms with Gasteiger partial charge in [-0.05, 0) is 36.6 Å². The minimum Gasteiger partial charge on any atom is -0.355 e. The van der Waals surface area contributed by atoms with E-state index >= 15 is 0 Å². The van der Waals surface area contributed by atoms with Crippen LogP contribution in [0, 0.1) is 12.8 Å². The van der Waals surface area contributed by atoms with Crippen molar-refractivity contribution >= 4 is 45.0 Å². The lowest BCUT2D eigenvalue weighted by atomic mass is 9.93. The van der Waals surface area contributed by atoms with Gasteiger partial charge in [-0.1, -0.05) is 0 Å². The van der Waals surface area contributed by atoms with Crippen LogP contribution in [0.4, 0.5) is 5.82 Å². The van der Waals surface area contributed by atoms with Gasteiger partial charge in [0.2, 0.25) is 5.91 Å². The Balaban J connectivity index is 1.37. The highest BCUT2D eigenvalue weighted by molar-refractivity contribution is 7.99. The SMILES string of the molecule is Cc1csc2c(N3CCC(CC(=O)N4CCSCC4)CC3)ncnc12. The van der Waals surface area contributed by atoms with Crippen LogP contribution in [0.25, 0.3) is 10.2 Å². The Kier molecular flexibility index (Phi) is 5.12. The zero-order valence-corrected chi connectivity index (χ0v) is 16.2. The van der Waals surface area contributed by atoms with Gasteiger partial charge >= 0.3 is 0 Å². The Labute approximate surface area is 156 Å². The maximum Gasteiger partial charge on any atom is 0.222 e. The summed E-state index contributed by atoms with van der Waals surface area (Å²) in [5, 5.41) is 2.16. The van der Waals surface area contributed by atoms with Crippen molar-refractivity contribution in [3.05, 3.63) is 17.3 Å². The van der Waals surface area contributed by atoms with E-state index in [-0.39, 0.29) is 0 Å². The van der Waals surface area contributed by atoms with Crippen LogP contribution in [-0.4, -0.2) is 58.5 Å². The molecule has 2 aromatic heterocycles. The van der Waals surface area contributed by atoms with Gasteiger partial charge in [-0.15, -0.1) is 11.3 Å². The highest BCUT2D eigenvalue weighted by Gasteiger charge is 2.26. The van der Waals surface area contributed by atoms with Crippen LogP contribution in [0.15, 0.2) is 11.7 Å². The summed E-state index contributed by atoms with van der Waals surface area (Å²) < 4.78 is 1.19. The van der Waals surface area contributed by atoms with E-state index in [2.05, 4.69) is 32.1 Å². The smallest absolute Gasteiger partial charge is 0.222 e. The summed E-state index contributed by atoms with van der Waals surface area (Å²) in [6, 6.07) is 0. The number of aromatic nitrogens is 2. The molecule has 0 aliphatic carbocycles. The molecule has 0 N–H and O–H groups in total. The maximum atomic E-state index is 12.5. The summed E-state index contributed by atoms with van der Waals surface area (Å²) >= 11 is 3.69. The minimum absolute atomic E-state index is 0.358. The van der Waals surface area contributed by atoms with E-state index in [1.54, 1.807) is 17.7 Å². The van der Waals surface area contributed by atoms with Crippen LogP contribution >= 0.6 is 23.1 Å². The van der Waals surface area contributed by atoms with Gasteiger partial charge in [0.1, 0.15) is 12.1 Å². The van der Waals surface area contributed by atoms with Gasteiger partial charge in [0.05, 0.1) is 10.2 Å². The number of piperidine rings is 1. The van der Waals surface area contributed by atoms with Gasteiger partial charge in [0, 0.05) is 44.1 Å². The van der Waals surface area contributed by atoms with Crippen LogP contribution in [-0.2, 0) is 4.79 Å². The first kappa shape index (κ1) is 17.1. The van der Waals surface area contributed by atoms with E-state index in [4.69, 9.17) is 0 Å². The predicted octanol–water partition coefficient (Wildman–Crippen LogP) is 3.18. The van der Waals surface area contributed by atoms with Crippen molar-refractivity contribution in [3.63, 3.8) is 0 Å². The first-order valence-corrected chi connectivity index (χ1v) is 11.0. The summed E-state index contributed by atoms with van der Waals surface area (Å²) in [6.07, 6.45) is 4.55. The number of carbonyl (C=O) groups is 1. The fraction of sp³-hybridized carbons (Fsp3) is 0.611. The molecule has 4 rings (SSSR count). The molecule has 0 aromatic carbocycles. The molecule has 0 saturated carbocycles. The summed E-state index contributed by atoms with van der Waals surface area (Å²) in [7, 11) is 0. The van der Waals surface area contributed by atoms with Crippen molar-refractivity contribution in [2.45, 2.75) is 26.2 Å². The zero-order valence-electron chi connectivity index (χ0n) is 14.6. The van der Waals surface area contributed by atoms with Gasteiger partial charge in [0.25, 0.3) is 0 Å². The van der Waals surface area contributed by atoms with Gasteiger partial charge in [-0.25, -0.2) is 9.97 Å². The lowest BCUT2D eigenvalue weighted by Gasteiger charge is -2.34. The van der Waals surface area contributed by atoms with Gasteiger partial charge in [0.15, 0.2) is 0 Å². The molecule has 0 spiro atoms. The quantitative estimate of drug-likeness (QED) is 0.823. The number of carbonyl (C=O) groups excluding carboxylic acids is 1. The van der Waals surface area contributed by atoms with E-state index < -0.39 is 0 Å². The van der Waals surface area contributed by atoms with Crippen molar-refractivity contribution in [3.8, 4) is 0 Å². The number of rotatable bonds is 3. The van der Waals surface area contributed by atoms with Crippen molar-refractivity contribution in [2.75, 3.05) is 42.6 Å². The number of amides is 1. The number of fused-ring (bicyclic) bond motifs is 1. The Hall–Kier alpha value is -1.34. The third kappa shape index (κ3) is 3.62. The van der Waals surface area contributed by atoms with Crippen LogP contribution in [0.3, 0.4) is 0 Å². The molecule has 2 fully saturated rings. The molecule has 25 heavy (non-hydrogen) atoms. The third-order valence-corrected chi connectivity index (χ3v) is 7.28. The molecule has 2 aliphatic heterocycles. The molecular weight excluding hydrogens is 352 g/mol. The molecule has 0 unspecified atom stereocenters. The van der Waals surface area contributed by atoms with Crippen molar-refractivity contribution < 1.29 is 4.79 Å². The number of anilines is 1. The predicted molar refractivity (Wildman–Crippen MR) is 106 cm³/mol. The molecule has 5 nitrogen and oxygen atoms in total. The average Bonchev–Trinajstić information content (AvgIpc) is 3.04. The average molecular weight is 377 g/mol. The topological polar surface area (TPSA) is 49.3 Å². The van der Waals surface area contributed by atoms with Gasteiger partial charge in [-0.2, -0.15) is 11.8 Å². The van der Waals surface area contributed by atoms with Crippen LogP contribution in [0.1, 0.15) is 24.8 Å². The molecule has 0 radical (unpaired) electrons. The van der Waals surface area contributed by atoms with Crippen molar-refractivity contribution in [1.29, 1.82) is 0 Å². The molecule has 134 valence electrons. The first-order valence-electron chi connectivity index (χ1n) is 9.01. The third-order valence-electron chi connectivity index (χ3n) is 5.25. The normalized spacial score (nSPS) is 19.6. The number of thiophene rings is 1. The molecular formula is C18H24N4OS2. The van der Waals surface area contributed by atoms with Crippen LogP contribution in [0.5, 0.6) is 0 Å². The number of nitrogens with zero attached hydrogens (tertiary/aromatic N) is 4. The molecule has 7 heteroatoms. The first-order chi connectivity index (χ1) is 12.2. The largest absolute Gasteiger partial charge is 0.355 e. The minimum atomic E-state index is 0.358. The van der Waals surface area contributed by atoms with Crippen LogP contribution in [0.2, 0.25) is 0 Å². The zero-order chi connectivity index (χ0) is 17.2. The van der Waals surface area contributed by atoms with E-state index in [1.165, 1.54) is 10.3 Å². The molecule has 1 amide bonds. The number of hydrogen-bond acceptors (Lipinski definition) is 6. The molecule has 0 atom stereocenters. The standard InChI is InChI=1S/C18H24N4OS2/c1-13-11-25-17-16(13)19-12-20-18(17)22-4-2-14(3-5-22)10-15(23)21-6-8-24-9-7-21/h11-12,14H,2-10H2,1H3. The molecule has 2 saturated heterocycles. The second-order valence-electron chi connectivity index (χ2n) is 6.92. The van der Waals surface area contributed by atoms with E-state index in [1.807, 2.05) is 11.8 Å². The molecule has 0 bridgehead atoms. The lowest BCUT2D eigenvalue weighted by Crippen LogP contribution is -2.40. The fourth-order valence-corrected chi connectivity index (χ4v) is 5.64. The number of hydrogen-bond donors (Lipinski definition) is 0. The fourth-order valence-electron chi connectivity index (χ4n) is 3.72. The summed E-state index contributed by atoms with van der Waals surface area (Å²) in [5.41, 5.74) is 2.30. The molecule has 2 aliphatic rings.